The van der Waals surface area contributed by atoms with Crippen LogP contribution in [0.3, 0.4) is 0 Å². The molecule has 0 saturated heterocycles. The van der Waals surface area contributed by atoms with Crippen molar-refractivity contribution in [1.29, 1.82) is 0 Å². The highest BCUT2D eigenvalue weighted by Crippen LogP contribution is 2.27. The predicted octanol–water partition coefficient (Wildman–Crippen LogP) is 1.47. The van der Waals surface area contributed by atoms with E-state index in [1.807, 2.05) is 12.1 Å². The highest BCUT2D eigenvalue weighted by molar-refractivity contribution is 5.96. The fourth-order valence-electron chi connectivity index (χ4n) is 2.52. The summed E-state index contributed by atoms with van der Waals surface area (Å²) in [5.74, 6) is -1.53. The van der Waals surface area contributed by atoms with Crippen molar-refractivity contribution in [2.24, 2.45) is 0 Å². The first-order valence-electron chi connectivity index (χ1n) is 9.10. The molecule has 0 spiro atoms. The molecule has 2 N–H and O–H groups in total. The van der Waals surface area contributed by atoms with E-state index >= 15 is 0 Å². The van der Waals surface area contributed by atoms with Crippen LogP contribution in [0.2, 0.25) is 0 Å². The van der Waals surface area contributed by atoms with Crippen molar-refractivity contribution in [2.45, 2.75) is 6.42 Å². The molecular formula is C21H23FN2O6. The fourth-order valence-corrected chi connectivity index (χ4v) is 2.52. The number of hydrogen-bond donors (Lipinski definition) is 2. The highest BCUT2D eigenvalue weighted by Gasteiger charge is 2.13. The summed E-state index contributed by atoms with van der Waals surface area (Å²) in [6.07, 6.45) is 0.540. The molecule has 0 aromatic heterocycles. The Morgan fingerprint density at radius 2 is 1.70 bits per heavy atom. The predicted molar refractivity (Wildman–Crippen MR) is 106 cm³/mol. The molecule has 2 aromatic carbocycles. The Balaban J connectivity index is 1.67. The first-order valence-corrected chi connectivity index (χ1v) is 9.10. The summed E-state index contributed by atoms with van der Waals surface area (Å²) in [4.78, 5) is 35.3. The Morgan fingerprint density at radius 1 is 0.967 bits per heavy atom. The average molecular weight is 418 g/mol. The van der Waals surface area contributed by atoms with Gasteiger partial charge in [0.15, 0.2) is 18.1 Å². The summed E-state index contributed by atoms with van der Waals surface area (Å²) in [6, 6.07) is 10.8. The molecule has 160 valence electrons. The minimum Gasteiger partial charge on any atom is -0.493 e. The van der Waals surface area contributed by atoms with E-state index in [4.69, 9.17) is 14.2 Å². The van der Waals surface area contributed by atoms with Crippen molar-refractivity contribution >= 4 is 17.8 Å². The van der Waals surface area contributed by atoms with E-state index in [0.717, 1.165) is 11.6 Å². The zero-order chi connectivity index (χ0) is 21.9. The van der Waals surface area contributed by atoms with Gasteiger partial charge in [0.05, 0.1) is 19.8 Å². The molecule has 8 nitrogen and oxygen atoms in total. The number of halogens is 1. The van der Waals surface area contributed by atoms with Crippen LogP contribution in [0.1, 0.15) is 15.9 Å². The van der Waals surface area contributed by atoms with Crippen molar-refractivity contribution in [1.82, 2.24) is 10.6 Å². The Bertz CT molecular complexity index is 903. The number of esters is 1. The normalized spacial score (nSPS) is 10.1. The largest absolute Gasteiger partial charge is 0.493 e. The van der Waals surface area contributed by atoms with Crippen LogP contribution < -0.4 is 20.1 Å². The molecule has 0 aliphatic carbocycles. The molecular weight excluding hydrogens is 395 g/mol. The molecule has 2 amide bonds. The Morgan fingerprint density at radius 3 is 2.40 bits per heavy atom. The number of rotatable bonds is 10. The zero-order valence-corrected chi connectivity index (χ0v) is 16.7. The number of benzene rings is 2. The van der Waals surface area contributed by atoms with E-state index < -0.39 is 36.8 Å². The average Bonchev–Trinajstić information content (AvgIpc) is 2.76. The van der Waals surface area contributed by atoms with Crippen LogP contribution in [0.25, 0.3) is 0 Å². The molecule has 0 bridgehead atoms. The van der Waals surface area contributed by atoms with Gasteiger partial charge in [-0.3, -0.25) is 14.4 Å². The Labute approximate surface area is 173 Å². The smallest absolute Gasteiger partial charge is 0.325 e. The molecule has 2 rings (SSSR count). The SMILES string of the molecule is COc1ccc(CCNC(=O)COC(=O)CNC(=O)c2ccccc2F)cc1OC. The van der Waals surface area contributed by atoms with Crippen LogP contribution in [-0.2, 0) is 20.7 Å². The van der Waals surface area contributed by atoms with Crippen molar-refractivity contribution in [3.8, 4) is 11.5 Å². The third-order valence-corrected chi connectivity index (χ3v) is 4.06. The van der Waals surface area contributed by atoms with Crippen LogP contribution in [0.4, 0.5) is 4.39 Å². The van der Waals surface area contributed by atoms with Gasteiger partial charge in [0, 0.05) is 6.54 Å². The van der Waals surface area contributed by atoms with Gasteiger partial charge in [0.25, 0.3) is 11.8 Å². The minimum atomic E-state index is -0.810. The number of carbonyl (C=O) groups excluding carboxylic acids is 3. The second-order valence-corrected chi connectivity index (χ2v) is 6.11. The summed E-state index contributed by atoms with van der Waals surface area (Å²) >= 11 is 0. The van der Waals surface area contributed by atoms with Crippen molar-refractivity contribution < 1.29 is 33.0 Å². The molecule has 0 fully saturated rings. The Kier molecular flexibility index (Phi) is 8.61. The molecule has 30 heavy (non-hydrogen) atoms. The fraction of sp³-hybridized carbons (Fsp3) is 0.286. The molecule has 9 heteroatoms. The maximum atomic E-state index is 13.5. The third-order valence-electron chi connectivity index (χ3n) is 4.06. The lowest BCUT2D eigenvalue weighted by Crippen LogP contribution is -2.34. The van der Waals surface area contributed by atoms with Crippen LogP contribution >= 0.6 is 0 Å². The van der Waals surface area contributed by atoms with Gasteiger partial charge >= 0.3 is 5.97 Å². The summed E-state index contributed by atoms with van der Waals surface area (Å²) in [6.45, 7) is -0.637. The van der Waals surface area contributed by atoms with E-state index in [2.05, 4.69) is 10.6 Å². The first kappa shape index (κ1) is 22.7. The van der Waals surface area contributed by atoms with Gasteiger partial charge in [0.2, 0.25) is 0 Å². The summed E-state index contributed by atoms with van der Waals surface area (Å²) in [5, 5.41) is 4.87. The third kappa shape index (κ3) is 6.77. The monoisotopic (exact) mass is 418 g/mol. The number of ether oxygens (including phenoxy) is 3. The minimum absolute atomic E-state index is 0.182. The maximum Gasteiger partial charge on any atom is 0.325 e. The lowest BCUT2D eigenvalue weighted by Gasteiger charge is -2.10. The van der Waals surface area contributed by atoms with Crippen LogP contribution in [0, 0.1) is 5.82 Å². The van der Waals surface area contributed by atoms with Crippen LogP contribution in [-0.4, -0.2) is 51.7 Å². The summed E-state index contributed by atoms with van der Waals surface area (Å²) in [7, 11) is 3.08. The lowest BCUT2D eigenvalue weighted by molar-refractivity contribution is -0.147. The molecule has 0 heterocycles. The number of carbonyl (C=O) groups is 3. The van der Waals surface area contributed by atoms with Gasteiger partial charge in [-0.05, 0) is 36.2 Å². The van der Waals surface area contributed by atoms with Crippen LogP contribution in [0.15, 0.2) is 42.5 Å². The quantitative estimate of drug-likeness (QED) is 0.567. The second-order valence-electron chi connectivity index (χ2n) is 6.11. The van der Waals surface area contributed by atoms with E-state index in [1.165, 1.54) is 25.3 Å². The second kappa shape index (κ2) is 11.4. The molecule has 0 radical (unpaired) electrons. The summed E-state index contributed by atoms with van der Waals surface area (Å²) < 4.78 is 28.7. The number of hydrogen-bond acceptors (Lipinski definition) is 6. The van der Waals surface area contributed by atoms with E-state index in [0.29, 0.717) is 24.5 Å². The number of amides is 2. The molecule has 0 aliphatic rings. The maximum absolute atomic E-state index is 13.5. The van der Waals surface area contributed by atoms with Gasteiger partial charge in [-0.2, -0.15) is 0 Å². The van der Waals surface area contributed by atoms with Crippen molar-refractivity contribution in [3.63, 3.8) is 0 Å². The topological polar surface area (TPSA) is 103 Å². The molecule has 0 atom stereocenters. The van der Waals surface area contributed by atoms with Gasteiger partial charge < -0.3 is 24.8 Å². The highest BCUT2D eigenvalue weighted by atomic mass is 19.1. The summed E-state index contributed by atoms with van der Waals surface area (Å²) in [5.41, 5.74) is 0.749. The molecule has 0 unspecified atom stereocenters. The molecule has 2 aromatic rings. The number of nitrogens with one attached hydrogen (secondary N) is 2. The van der Waals surface area contributed by atoms with Crippen molar-refractivity contribution in [3.05, 3.63) is 59.4 Å². The molecule has 0 aliphatic heterocycles. The van der Waals surface area contributed by atoms with Gasteiger partial charge in [-0.15, -0.1) is 0 Å². The van der Waals surface area contributed by atoms with E-state index in [9.17, 15) is 18.8 Å². The Hall–Kier alpha value is -3.62. The van der Waals surface area contributed by atoms with E-state index in [-0.39, 0.29) is 5.56 Å². The van der Waals surface area contributed by atoms with Gasteiger partial charge in [-0.25, -0.2) is 4.39 Å². The lowest BCUT2D eigenvalue weighted by atomic mass is 10.1. The van der Waals surface area contributed by atoms with Gasteiger partial charge in [0.1, 0.15) is 12.4 Å². The van der Waals surface area contributed by atoms with Crippen molar-refractivity contribution in [2.75, 3.05) is 33.9 Å². The standard InChI is InChI=1S/C21H23FN2O6/c1-28-17-8-7-14(11-18(17)29-2)9-10-23-19(25)13-30-20(26)12-24-21(27)15-5-3-4-6-16(15)22/h3-8,11H,9-10,12-13H2,1-2H3,(H,23,25)(H,24,27). The van der Waals surface area contributed by atoms with Gasteiger partial charge in [-0.1, -0.05) is 18.2 Å². The zero-order valence-electron chi connectivity index (χ0n) is 16.7. The van der Waals surface area contributed by atoms with Crippen LogP contribution in [0.5, 0.6) is 11.5 Å². The number of methoxy groups -OCH3 is 2. The molecule has 0 saturated carbocycles. The van der Waals surface area contributed by atoms with E-state index in [1.54, 1.807) is 13.2 Å². The first-order chi connectivity index (χ1) is 14.4.